The molecular weight excluding hydrogens is 410 g/mol. The Morgan fingerprint density at radius 2 is 1.74 bits per heavy atom. The standard InChI is InChI=1S/C18H25N5O2S.C5H12/c1-2-3-10-15-22-16-17(23(15)12-7-6-11-20-26(24)25)13-8-4-5-9-14(13)21-18(16)19;1-3-5-4-2/h4-5,8-9,20H,2-3,6-7,10-12H2,1H3,(H2,19,21)(H,24,25);3-5H2,1-2H3/p-1. The Morgan fingerprint density at radius 3 is 2.39 bits per heavy atom. The summed E-state index contributed by atoms with van der Waals surface area (Å²) < 4.78 is 25.8. The first-order valence-corrected chi connectivity index (χ1v) is 12.5. The molecule has 1 unspecified atom stereocenters. The zero-order valence-electron chi connectivity index (χ0n) is 19.0. The number of pyridine rings is 1. The number of imidazole rings is 1. The summed E-state index contributed by atoms with van der Waals surface area (Å²) in [6, 6.07) is 7.96. The molecular formula is C23H36N5O2S-. The first kappa shape index (κ1) is 25.2. The van der Waals surface area contributed by atoms with Gasteiger partial charge in [0.25, 0.3) is 0 Å². The molecule has 1 aromatic carbocycles. The van der Waals surface area contributed by atoms with Crippen LogP contribution >= 0.6 is 0 Å². The summed E-state index contributed by atoms with van der Waals surface area (Å²) in [5, 5.41) is 1.05. The molecule has 31 heavy (non-hydrogen) atoms. The zero-order chi connectivity index (χ0) is 22.6. The van der Waals surface area contributed by atoms with Crippen LogP contribution in [0.1, 0.15) is 71.5 Å². The average Bonchev–Trinajstić information content (AvgIpc) is 3.12. The van der Waals surface area contributed by atoms with Crippen LogP contribution in [0.5, 0.6) is 0 Å². The van der Waals surface area contributed by atoms with Gasteiger partial charge in [-0.3, -0.25) is 4.21 Å². The molecule has 3 N–H and O–H groups in total. The highest BCUT2D eigenvalue weighted by Gasteiger charge is 2.16. The number of aromatic nitrogens is 3. The molecule has 0 bridgehead atoms. The number of nitrogens with two attached hydrogens (primary N) is 1. The molecule has 0 aliphatic rings. The number of nitrogens with zero attached hydrogens (tertiary/aromatic N) is 3. The molecule has 172 valence electrons. The fourth-order valence-electron chi connectivity index (χ4n) is 3.58. The number of fused-ring (bicyclic) bond motifs is 3. The first-order chi connectivity index (χ1) is 15.0. The Kier molecular flexibility index (Phi) is 10.9. The second-order valence-electron chi connectivity index (χ2n) is 7.68. The summed E-state index contributed by atoms with van der Waals surface area (Å²) in [4.78, 5) is 9.28. The number of benzene rings is 1. The normalized spacial score (nSPS) is 12.1. The van der Waals surface area contributed by atoms with E-state index in [4.69, 9.17) is 10.7 Å². The second kappa shape index (κ2) is 13.4. The predicted molar refractivity (Wildman–Crippen MR) is 129 cm³/mol. The minimum Gasteiger partial charge on any atom is -0.760 e. The highest BCUT2D eigenvalue weighted by molar-refractivity contribution is 7.77. The summed E-state index contributed by atoms with van der Waals surface area (Å²) >= 11 is -2.20. The fourth-order valence-corrected chi connectivity index (χ4v) is 3.89. The number of hydrogen-bond donors (Lipinski definition) is 2. The molecule has 2 aromatic heterocycles. The van der Waals surface area contributed by atoms with E-state index in [1.165, 1.54) is 19.3 Å². The monoisotopic (exact) mass is 446 g/mol. The topological polar surface area (TPSA) is 109 Å². The molecule has 0 aliphatic heterocycles. The SMILES string of the molecule is CCCCC.CCCCc1nc2c(N)nc3ccccc3c2n1CCCCNS(=O)[O-]. The Labute approximate surface area is 188 Å². The van der Waals surface area contributed by atoms with E-state index >= 15 is 0 Å². The molecule has 3 rings (SSSR count). The molecule has 2 heterocycles. The van der Waals surface area contributed by atoms with Crippen LogP contribution < -0.4 is 10.5 Å². The number of anilines is 1. The van der Waals surface area contributed by atoms with E-state index in [0.29, 0.717) is 12.4 Å². The van der Waals surface area contributed by atoms with Gasteiger partial charge in [0.15, 0.2) is 5.82 Å². The third kappa shape index (κ3) is 7.26. The summed E-state index contributed by atoms with van der Waals surface area (Å²) in [5.41, 5.74) is 8.83. The van der Waals surface area contributed by atoms with E-state index in [0.717, 1.165) is 66.4 Å². The number of aryl methyl sites for hydroxylation is 2. The van der Waals surface area contributed by atoms with Gasteiger partial charge in [-0.15, -0.1) is 0 Å². The maximum absolute atomic E-state index is 10.6. The predicted octanol–water partition coefficient (Wildman–Crippen LogP) is 4.87. The number of hydrogen-bond acceptors (Lipinski definition) is 5. The van der Waals surface area contributed by atoms with E-state index < -0.39 is 11.3 Å². The van der Waals surface area contributed by atoms with Crippen LogP contribution in [-0.2, 0) is 24.2 Å². The number of nitrogens with one attached hydrogen (secondary N) is 1. The van der Waals surface area contributed by atoms with Gasteiger partial charge in [0, 0.05) is 36.2 Å². The molecule has 3 aromatic rings. The van der Waals surface area contributed by atoms with Gasteiger partial charge >= 0.3 is 0 Å². The maximum Gasteiger partial charge on any atom is 0.152 e. The summed E-state index contributed by atoms with van der Waals surface area (Å²) in [6.07, 6.45) is 8.74. The average molecular weight is 447 g/mol. The Morgan fingerprint density at radius 1 is 1.03 bits per heavy atom. The van der Waals surface area contributed by atoms with Crippen molar-refractivity contribution in [3.8, 4) is 0 Å². The lowest BCUT2D eigenvalue weighted by molar-refractivity contribution is 0.516. The van der Waals surface area contributed by atoms with E-state index in [1.54, 1.807) is 0 Å². The lowest BCUT2D eigenvalue weighted by Crippen LogP contribution is -2.18. The Balaban J connectivity index is 0.000000614. The van der Waals surface area contributed by atoms with Crippen molar-refractivity contribution in [2.75, 3.05) is 12.3 Å². The number of nitrogen functional groups attached to an aromatic ring is 1. The summed E-state index contributed by atoms with van der Waals surface area (Å²) in [5.74, 6) is 1.48. The van der Waals surface area contributed by atoms with E-state index in [-0.39, 0.29) is 0 Å². The largest absolute Gasteiger partial charge is 0.760 e. The van der Waals surface area contributed by atoms with Gasteiger partial charge < -0.3 is 14.9 Å². The van der Waals surface area contributed by atoms with E-state index in [1.807, 2.05) is 24.3 Å². The van der Waals surface area contributed by atoms with Crippen LogP contribution in [0.4, 0.5) is 5.82 Å². The first-order valence-electron chi connectivity index (χ1n) is 11.4. The number of unbranched alkanes of at least 4 members (excludes halogenated alkanes) is 4. The summed E-state index contributed by atoms with van der Waals surface area (Å²) in [6.45, 7) is 7.80. The maximum atomic E-state index is 10.6. The quantitative estimate of drug-likeness (QED) is 0.323. The number of rotatable bonds is 11. The van der Waals surface area contributed by atoms with Crippen LogP contribution in [0.25, 0.3) is 21.9 Å². The van der Waals surface area contributed by atoms with Crippen molar-refractivity contribution in [2.24, 2.45) is 0 Å². The van der Waals surface area contributed by atoms with Crippen LogP contribution in [-0.4, -0.2) is 29.8 Å². The minimum atomic E-state index is -2.20. The van der Waals surface area contributed by atoms with Gasteiger partial charge in [-0.1, -0.05) is 64.7 Å². The van der Waals surface area contributed by atoms with Crippen molar-refractivity contribution in [1.82, 2.24) is 19.3 Å². The van der Waals surface area contributed by atoms with Gasteiger partial charge in [0.1, 0.15) is 11.3 Å². The zero-order valence-corrected chi connectivity index (χ0v) is 19.8. The van der Waals surface area contributed by atoms with E-state index in [2.05, 4.69) is 35.0 Å². The highest BCUT2D eigenvalue weighted by Crippen LogP contribution is 2.29. The lowest BCUT2D eigenvalue weighted by atomic mass is 10.2. The second-order valence-corrected chi connectivity index (χ2v) is 8.44. The van der Waals surface area contributed by atoms with Crippen LogP contribution in [0, 0.1) is 0 Å². The van der Waals surface area contributed by atoms with Gasteiger partial charge in [-0.2, -0.15) is 0 Å². The van der Waals surface area contributed by atoms with Crippen LogP contribution in [0.2, 0.25) is 0 Å². The molecule has 0 saturated heterocycles. The molecule has 0 radical (unpaired) electrons. The Hall–Kier alpha value is -2.03. The van der Waals surface area contributed by atoms with Crippen molar-refractivity contribution in [3.63, 3.8) is 0 Å². The van der Waals surface area contributed by atoms with Gasteiger partial charge in [0.2, 0.25) is 0 Å². The molecule has 0 amide bonds. The van der Waals surface area contributed by atoms with Gasteiger partial charge in [-0.25, -0.2) is 14.7 Å². The molecule has 0 saturated carbocycles. The van der Waals surface area contributed by atoms with Crippen LogP contribution in [0.15, 0.2) is 24.3 Å². The third-order valence-electron chi connectivity index (χ3n) is 5.18. The fraction of sp³-hybridized carbons (Fsp3) is 0.565. The highest BCUT2D eigenvalue weighted by atomic mass is 32.2. The molecule has 7 nitrogen and oxygen atoms in total. The van der Waals surface area contributed by atoms with Gasteiger partial charge in [-0.05, 0) is 25.3 Å². The van der Waals surface area contributed by atoms with Crippen molar-refractivity contribution in [3.05, 3.63) is 30.1 Å². The van der Waals surface area contributed by atoms with Crippen molar-refractivity contribution in [1.29, 1.82) is 0 Å². The van der Waals surface area contributed by atoms with Gasteiger partial charge in [0.05, 0.1) is 11.0 Å². The van der Waals surface area contributed by atoms with Crippen molar-refractivity contribution in [2.45, 2.75) is 78.7 Å². The third-order valence-corrected chi connectivity index (χ3v) is 5.62. The molecule has 0 spiro atoms. The smallest absolute Gasteiger partial charge is 0.152 e. The molecule has 8 heteroatoms. The lowest BCUT2D eigenvalue weighted by Gasteiger charge is -2.11. The van der Waals surface area contributed by atoms with Crippen LogP contribution in [0.3, 0.4) is 0 Å². The van der Waals surface area contributed by atoms with Crippen molar-refractivity contribution >= 4 is 39.0 Å². The molecule has 0 fully saturated rings. The number of para-hydroxylation sites is 1. The summed E-state index contributed by atoms with van der Waals surface area (Å²) in [7, 11) is 0. The minimum absolute atomic E-state index is 0.442. The Bertz CT molecular complexity index is 971. The van der Waals surface area contributed by atoms with Crippen molar-refractivity contribution < 1.29 is 8.76 Å². The molecule has 0 aliphatic carbocycles. The van der Waals surface area contributed by atoms with E-state index in [9.17, 15) is 8.76 Å². The molecule has 1 atom stereocenters.